The van der Waals surface area contributed by atoms with Crippen molar-refractivity contribution in [1.82, 2.24) is 0 Å². The maximum atomic E-state index is 10.7. The summed E-state index contributed by atoms with van der Waals surface area (Å²) in [6, 6.07) is 7.68. The molecule has 0 amide bonds. The van der Waals surface area contributed by atoms with E-state index in [9.17, 15) is 4.79 Å². The fraction of sp³-hybridized carbons (Fsp3) is 0.250. The minimum Gasteiger partial charge on any atom is -0.481 e. The average molecular weight is 203 g/mol. The summed E-state index contributed by atoms with van der Waals surface area (Å²) >= 11 is 0. The molecule has 0 atom stereocenters. The minimum atomic E-state index is -0.783. The van der Waals surface area contributed by atoms with E-state index in [1.807, 2.05) is 24.3 Å². The average Bonchev–Trinajstić information content (AvgIpc) is 2.70. The summed E-state index contributed by atoms with van der Waals surface area (Å²) in [7, 11) is 0. The van der Waals surface area contributed by atoms with Crippen molar-refractivity contribution in [2.45, 2.75) is 6.42 Å². The van der Waals surface area contributed by atoms with Crippen LogP contribution < -0.4 is 4.90 Å². The molecule has 1 aromatic carbocycles. The zero-order valence-corrected chi connectivity index (χ0v) is 8.39. The van der Waals surface area contributed by atoms with Crippen LogP contribution >= 0.6 is 0 Å². The smallest absolute Gasteiger partial charge is 0.307 e. The second-order valence-corrected chi connectivity index (χ2v) is 3.58. The minimum absolute atomic E-state index is 0.0900. The Hall–Kier alpha value is -1.77. The molecule has 0 fully saturated rings. The number of benzene rings is 1. The van der Waals surface area contributed by atoms with Crippen LogP contribution in [0.25, 0.3) is 0 Å². The highest BCUT2D eigenvalue weighted by Crippen LogP contribution is 2.22. The maximum Gasteiger partial charge on any atom is 0.307 e. The molecule has 1 heterocycles. The van der Waals surface area contributed by atoms with Crippen LogP contribution in [0.2, 0.25) is 0 Å². The number of rotatable bonds is 3. The van der Waals surface area contributed by atoms with Gasteiger partial charge in [0.2, 0.25) is 0 Å². The van der Waals surface area contributed by atoms with Crippen LogP contribution in [-0.2, 0) is 11.2 Å². The van der Waals surface area contributed by atoms with E-state index in [1.54, 1.807) is 0 Å². The molecule has 0 unspecified atom stereocenters. The number of hydrogen-bond acceptors (Lipinski definition) is 2. The molecule has 78 valence electrons. The first-order valence-electron chi connectivity index (χ1n) is 4.97. The molecule has 0 aliphatic carbocycles. The Labute approximate surface area is 88.6 Å². The van der Waals surface area contributed by atoms with E-state index < -0.39 is 5.97 Å². The Morgan fingerprint density at radius 2 is 1.93 bits per heavy atom. The molecule has 3 heteroatoms. The Balaban J connectivity index is 2.25. The van der Waals surface area contributed by atoms with Crippen LogP contribution in [0.5, 0.6) is 0 Å². The van der Waals surface area contributed by atoms with Crippen molar-refractivity contribution in [1.29, 1.82) is 0 Å². The molecule has 15 heavy (non-hydrogen) atoms. The van der Waals surface area contributed by atoms with E-state index in [2.05, 4.69) is 17.1 Å². The van der Waals surface area contributed by atoms with Gasteiger partial charge < -0.3 is 10.0 Å². The highest BCUT2D eigenvalue weighted by Gasteiger charge is 2.13. The third-order valence-electron chi connectivity index (χ3n) is 2.49. The quantitative estimate of drug-likeness (QED) is 0.760. The molecule has 2 rings (SSSR count). The van der Waals surface area contributed by atoms with E-state index in [0.717, 1.165) is 24.3 Å². The molecule has 1 aliphatic rings. The third-order valence-corrected chi connectivity index (χ3v) is 2.49. The lowest BCUT2D eigenvalue weighted by atomic mass is 10.1. The first kappa shape index (κ1) is 9.77. The number of hydrogen-bond donors (Lipinski definition) is 1. The van der Waals surface area contributed by atoms with Gasteiger partial charge in [0.25, 0.3) is 0 Å². The molecule has 1 N–H and O–H groups in total. The van der Waals surface area contributed by atoms with Crippen molar-refractivity contribution in [3.63, 3.8) is 0 Å². The third kappa shape index (κ3) is 2.18. The van der Waals surface area contributed by atoms with Crippen LogP contribution in [0, 0.1) is 0 Å². The van der Waals surface area contributed by atoms with Gasteiger partial charge in [-0.25, -0.2) is 0 Å². The van der Waals surface area contributed by atoms with Crippen molar-refractivity contribution in [3.8, 4) is 0 Å². The SMILES string of the molecule is O=C(O)Cc1ccccc1N1CC=CC1. The lowest BCUT2D eigenvalue weighted by Crippen LogP contribution is -2.20. The van der Waals surface area contributed by atoms with Crippen LogP contribution in [-0.4, -0.2) is 24.2 Å². The van der Waals surface area contributed by atoms with Crippen molar-refractivity contribution in [3.05, 3.63) is 42.0 Å². The zero-order chi connectivity index (χ0) is 10.7. The summed E-state index contributed by atoms with van der Waals surface area (Å²) in [5, 5.41) is 8.80. The van der Waals surface area contributed by atoms with Crippen molar-refractivity contribution in [2.24, 2.45) is 0 Å². The van der Waals surface area contributed by atoms with E-state index in [0.29, 0.717) is 0 Å². The van der Waals surface area contributed by atoms with Gasteiger partial charge in [-0.1, -0.05) is 30.4 Å². The molecule has 0 bridgehead atoms. The number of carboxylic acids is 1. The van der Waals surface area contributed by atoms with E-state index in [1.165, 1.54) is 0 Å². The zero-order valence-electron chi connectivity index (χ0n) is 8.39. The predicted octanol–water partition coefficient (Wildman–Crippen LogP) is 1.69. The van der Waals surface area contributed by atoms with Crippen molar-refractivity contribution in [2.75, 3.05) is 18.0 Å². The molecule has 0 spiro atoms. The van der Waals surface area contributed by atoms with Crippen molar-refractivity contribution < 1.29 is 9.90 Å². The van der Waals surface area contributed by atoms with Crippen LogP contribution in [0.4, 0.5) is 5.69 Å². The lowest BCUT2D eigenvalue weighted by Gasteiger charge is -2.20. The lowest BCUT2D eigenvalue weighted by molar-refractivity contribution is -0.136. The second kappa shape index (κ2) is 4.17. The summed E-state index contributed by atoms with van der Waals surface area (Å²) in [6.07, 6.45) is 4.28. The molecule has 0 aromatic heterocycles. The molecule has 1 aliphatic heterocycles. The second-order valence-electron chi connectivity index (χ2n) is 3.58. The van der Waals surface area contributed by atoms with Crippen LogP contribution in [0.1, 0.15) is 5.56 Å². The first-order chi connectivity index (χ1) is 7.27. The topological polar surface area (TPSA) is 40.5 Å². The molecule has 0 radical (unpaired) electrons. The van der Waals surface area contributed by atoms with E-state index in [4.69, 9.17) is 5.11 Å². The molecule has 3 nitrogen and oxygen atoms in total. The summed E-state index contributed by atoms with van der Waals surface area (Å²) in [5.41, 5.74) is 1.92. The Morgan fingerprint density at radius 3 is 2.60 bits per heavy atom. The summed E-state index contributed by atoms with van der Waals surface area (Å²) in [4.78, 5) is 12.9. The highest BCUT2D eigenvalue weighted by atomic mass is 16.4. The normalized spacial score (nSPS) is 14.5. The fourth-order valence-corrected chi connectivity index (χ4v) is 1.81. The number of anilines is 1. The van der Waals surface area contributed by atoms with Gasteiger partial charge >= 0.3 is 5.97 Å². The van der Waals surface area contributed by atoms with E-state index >= 15 is 0 Å². The van der Waals surface area contributed by atoms with Gasteiger partial charge in [0.1, 0.15) is 0 Å². The molecular weight excluding hydrogens is 190 g/mol. The van der Waals surface area contributed by atoms with Gasteiger partial charge in [0.15, 0.2) is 0 Å². The Kier molecular flexibility index (Phi) is 2.72. The fourth-order valence-electron chi connectivity index (χ4n) is 1.81. The van der Waals surface area contributed by atoms with Gasteiger partial charge in [0.05, 0.1) is 6.42 Å². The summed E-state index contributed by atoms with van der Waals surface area (Å²) in [6.45, 7) is 1.74. The number of aliphatic carboxylic acids is 1. The molecule has 0 saturated carbocycles. The standard InChI is InChI=1S/C12H13NO2/c14-12(15)9-10-5-1-2-6-11(10)13-7-3-4-8-13/h1-6H,7-9H2,(H,14,15). The Bertz CT molecular complexity index is 390. The van der Waals surface area contributed by atoms with Crippen molar-refractivity contribution >= 4 is 11.7 Å². The maximum absolute atomic E-state index is 10.7. The number of carbonyl (C=O) groups is 1. The Morgan fingerprint density at radius 1 is 1.27 bits per heavy atom. The summed E-state index contributed by atoms with van der Waals surface area (Å²) in [5.74, 6) is -0.783. The number of para-hydroxylation sites is 1. The molecule has 1 aromatic rings. The van der Waals surface area contributed by atoms with Gasteiger partial charge in [-0.3, -0.25) is 4.79 Å². The van der Waals surface area contributed by atoms with Gasteiger partial charge in [-0.15, -0.1) is 0 Å². The monoisotopic (exact) mass is 203 g/mol. The largest absolute Gasteiger partial charge is 0.481 e. The number of carboxylic acid groups (broad SMARTS) is 1. The molecule has 0 saturated heterocycles. The van der Waals surface area contributed by atoms with Gasteiger partial charge in [-0.2, -0.15) is 0 Å². The van der Waals surface area contributed by atoms with Gasteiger partial charge in [0, 0.05) is 18.8 Å². The van der Waals surface area contributed by atoms with Gasteiger partial charge in [-0.05, 0) is 11.6 Å². The first-order valence-corrected chi connectivity index (χ1v) is 4.97. The summed E-state index contributed by atoms with van der Waals surface area (Å²) < 4.78 is 0. The van der Waals surface area contributed by atoms with Crippen LogP contribution in [0.15, 0.2) is 36.4 Å². The molecular formula is C12H13NO2. The highest BCUT2D eigenvalue weighted by molar-refractivity contribution is 5.73. The van der Waals surface area contributed by atoms with Crippen LogP contribution in [0.3, 0.4) is 0 Å². The van der Waals surface area contributed by atoms with E-state index in [-0.39, 0.29) is 6.42 Å². The predicted molar refractivity (Wildman–Crippen MR) is 59.1 cm³/mol. The number of nitrogens with zero attached hydrogens (tertiary/aromatic N) is 1.